The van der Waals surface area contributed by atoms with Gasteiger partial charge in [-0.1, -0.05) is 18.2 Å². The van der Waals surface area contributed by atoms with Gasteiger partial charge in [0.25, 0.3) is 0 Å². The Morgan fingerprint density at radius 1 is 1.29 bits per heavy atom. The van der Waals surface area contributed by atoms with Crippen LogP contribution in [-0.2, 0) is 12.8 Å². The average Bonchev–Trinajstić information content (AvgIpc) is 3.05. The van der Waals surface area contributed by atoms with Gasteiger partial charge >= 0.3 is 0 Å². The fraction of sp³-hybridized carbons (Fsp3) is 0.353. The van der Waals surface area contributed by atoms with Gasteiger partial charge in [0.05, 0.1) is 12.1 Å². The third-order valence-electron chi connectivity index (χ3n) is 4.61. The van der Waals surface area contributed by atoms with Crippen molar-refractivity contribution >= 4 is 17.3 Å². The number of aliphatic imine (C=N–C) groups is 1. The Morgan fingerprint density at radius 2 is 2.19 bits per heavy atom. The lowest BCUT2D eigenvalue weighted by molar-refractivity contribution is 0.362. The largest absolute Gasteiger partial charge is 0.370 e. The fourth-order valence-electron chi connectivity index (χ4n) is 3.52. The molecule has 108 valence electrons. The molecule has 1 aliphatic carbocycles. The summed E-state index contributed by atoms with van der Waals surface area (Å²) in [5.41, 5.74) is 10.2. The van der Waals surface area contributed by atoms with Crippen molar-refractivity contribution in [3.63, 3.8) is 0 Å². The van der Waals surface area contributed by atoms with Gasteiger partial charge < -0.3 is 11.1 Å². The Hall–Kier alpha value is -1.81. The number of aryl methyl sites for hydroxylation is 2. The maximum absolute atomic E-state index is 5.85. The summed E-state index contributed by atoms with van der Waals surface area (Å²) in [6.45, 7) is 2.97. The Labute approximate surface area is 128 Å². The Kier molecular flexibility index (Phi) is 2.82. The van der Waals surface area contributed by atoms with Crippen molar-refractivity contribution < 1.29 is 0 Å². The van der Waals surface area contributed by atoms with Crippen LogP contribution in [0, 0.1) is 6.92 Å². The maximum Gasteiger partial charge on any atom is 0.189 e. The smallest absolute Gasteiger partial charge is 0.189 e. The first-order valence-electron chi connectivity index (χ1n) is 7.41. The van der Waals surface area contributed by atoms with Gasteiger partial charge in [-0.3, -0.25) is 4.99 Å². The minimum atomic E-state index is 0.0412. The van der Waals surface area contributed by atoms with Crippen molar-refractivity contribution in [2.45, 2.75) is 31.7 Å². The van der Waals surface area contributed by atoms with Crippen molar-refractivity contribution in [2.75, 3.05) is 6.54 Å². The standard InChI is InChI=1S/C17H19N3S/c1-11-5-6-15(21-11)13-4-2-3-12-7-8-17(9-14(12)13)10-19-16(18)20-17/h2-6H,7-10H2,1H3,(H3,18,19,20). The molecule has 0 fully saturated rings. The number of nitrogens with zero attached hydrogens (tertiary/aromatic N) is 1. The topological polar surface area (TPSA) is 50.4 Å². The van der Waals surface area contributed by atoms with Crippen molar-refractivity contribution in [3.8, 4) is 10.4 Å². The molecule has 4 heteroatoms. The predicted octanol–water partition coefficient (Wildman–Crippen LogP) is 2.87. The van der Waals surface area contributed by atoms with Crippen molar-refractivity contribution in [2.24, 2.45) is 10.7 Å². The summed E-state index contributed by atoms with van der Waals surface area (Å²) in [4.78, 5) is 7.11. The molecule has 1 aliphatic heterocycles. The number of guanidine groups is 1. The fourth-order valence-corrected chi connectivity index (χ4v) is 4.44. The lowest BCUT2D eigenvalue weighted by Crippen LogP contribution is -2.51. The minimum Gasteiger partial charge on any atom is -0.370 e. The second kappa shape index (κ2) is 4.60. The number of hydrogen-bond acceptors (Lipinski definition) is 4. The molecule has 21 heavy (non-hydrogen) atoms. The molecule has 1 unspecified atom stereocenters. The van der Waals surface area contributed by atoms with E-state index in [0.717, 1.165) is 25.8 Å². The van der Waals surface area contributed by atoms with Crippen LogP contribution in [0.2, 0.25) is 0 Å². The highest BCUT2D eigenvalue weighted by Crippen LogP contribution is 2.38. The Balaban J connectivity index is 1.76. The summed E-state index contributed by atoms with van der Waals surface area (Å²) >= 11 is 1.87. The molecule has 1 atom stereocenters. The van der Waals surface area contributed by atoms with Gasteiger partial charge in [-0.2, -0.15) is 0 Å². The van der Waals surface area contributed by atoms with Gasteiger partial charge in [-0.05, 0) is 55.0 Å². The van der Waals surface area contributed by atoms with Gasteiger partial charge in [-0.25, -0.2) is 0 Å². The third kappa shape index (κ3) is 2.14. The number of nitrogens with one attached hydrogen (secondary N) is 1. The van der Waals surface area contributed by atoms with Crippen LogP contribution in [0.3, 0.4) is 0 Å². The van der Waals surface area contributed by atoms with Crippen molar-refractivity contribution in [1.29, 1.82) is 0 Å². The molecular weight excluding hydrogens is 278 g/mol. The second-order valence-corrected chi connectivity index (χ2v) is 7.43. The molecule has 2 aliphatic rings. The van der Waals surface area contributed by atoms with Crippen LogP contribution >= 0.6 is 11.3 Å². The lowest BCUT2D eigenvalue weighted by Gasteiger charge is -2.35. The molecule has 1 aromatic heterocycles. The number of nitrogens with two attached hydrogens (primary N) is 1. The van der Waals surface area contributed by atoms with Gasteiger partial charge in [0.15, 0.2) is 5.96 Å². The van der Waals surface area contributed by atoms with Crippen molar-refractivity contribution in [3.05, 3.63) is 46.3 Å². The van der Waals surface area contributed by atoms with Crippen LogP contribution in [0.1, 0.15) is 22.4 Å². The van der Waals surface area contributed by atoms with E-state index in [1.54, 1.807) is 0 Å². The minimum absolute atomic E-state index is 0.0412. The van der Waals surface area contributed by atoms with Crippen LogP contribution in [-0.4, -0.2) is 18.0 Å². The highest BCUT2D eigenvalue weighted by Gasteiger charge is 2.38. The number of thiophene rings is 1. The van der Waals surface area contributed by atoms with Gasteiger partial charge in [-0.15, -0.1) is 11.3 Å². The first-order chi connectivity index (χ1) is 10.2. The summed E-state index contributed by atoms with van der Waals surface area (Å²) in [7, 11) is 0. The highest BCUT2D eigenvalue weighted by molar-refractivity contribution is 7.15. The van der Waals surface area contributed by atoms with E-state index in [1.807, 2.05) is 11.3 Å². The lowest BCUT2D eigenvalue weighted by atomic mass is 9.76. The molecule has 3 nitrogen and oxygen atoms in total. The highest BCUT2D eigenvalue weighted by atomic mass is 32.1. The molecule has 4 rings (SSSR count). The van der Waals surface area contributed by atoms with E-state index in [9.17, 15) is 0 Å². The number of benzene rings is 1. The van der Waals surface area contributed by atoms with Crippen LogP contribution in [0.25, 0.3) is 10.4 Å². The van der Waals surface area contributed by atoms with Gasteiger partial charge in [0, 0.05) is 9.75 Å². The summed E-state index contributed by atoms with van der Waals surface area (Å²) in [6, 6.07) is 11.2. The summed E-state index contributed by atoms with van der Waals surface area (Å²) in [5, 5.41) is 3.43. The van der Waals surface area contributed by atoms with E-state index in [2.05, 4.69) is 47.6 Å². The quantitative estimate of drug-likeness (QED) is 0.850. The van der Waals surface area contributed by atoms with E-state index in [4.69, 9.17) is 5.73 Å². The molecule has 2 aromatic rings. The first kappa shape index (κ1) is 12.9. The van der Waals surface area contributed by atoms with Gasteiger partial charge in [0.1, 0.15) is 0 Å². The van der Waals surface area contributed by atoms with E-state index in [1.165, 1.54) is 26.4 Å². The monoisotopic (exact) mass is 297 g/mol. The molecule has 3 N–H and O–H groups in total. The molecule has 0 radical (unpaired) electrons. The number of rotatable bonds is 1. The third-order valence-corrected chi connectivity index (χ3v) is 5.65. The SMILES string of the molecule is Cc1ccc(-c2cccc3c2CC2(CC3)CN=C(N)N2)s1. The van der Waals surface area contributed by atoms with Crippen LogP contribution in [0.15, 0.2) is 35.3 Å². The van der Waals surface area contributed by atoms with E-state index >= 15 is 0 Å². The molecule has 0 amide bonds. The molecule has 2 heterocycles. The molecule has 0 saturated carbocycles. The second-order valence-electron chi connectivity index (χ2n) is 6.14. The molecular formula is C17H19N3S. The average molecular weight is 297 g/mol. The van der Waals surface area contributed by atoms with E-state index in [-0.39, 0.29) is 5.54 Å². The van der Waals surface area contributed by atoms with E-state index < -0.39 is 0 Å². The molecule has 0 saturated heterocycles. The van der Waals surface area contributed by atoms with Gasteiger partial charge in [0.2, 0.25) is 0 Å². The zero-order valence-electron chi connectivity index (χ0n) is 12.1. The summed E-state index contributed by atoms with van der Waals surface area (Å²) < 4.78 is 0. The number of hydrogen-bond donors (Lipinski definition) is 2. The molecule has 0 bridgehead atoms. The Bertz CT molecular complexity index is 731. The Morgan fingerprint density at radius 3 is 2.90 bits per heavy atom. The van der Waals surface area contributed by atoms with Crippen LogP contribution < -0.4 is 11.1 Å². The normalized spacial score (nSPS) is 23.8. The number of fused-ring (bicyclic) bond motifs is 1. The van der Waals surface area contributed by atoms with E-state index in [0.29, 0.717) is 5.96 Å². The molecule has 1 aromatic carbocycles. The zero-order chi connectivity index (χ0) is 14.4. The summed E-state index contributed by atoms with van der Waals surface area (Å²) in [5.74, 6) is 0.600. The van der Waals surface area contributed by atoms with Crippen LogP contribution in [0.4, 0.5) is 0 Å². The van der Waals surface area contributed by atoms with Crippen LogP contribution in [0.5, 0.6) is 0 Å². The molecule has 1 spiro atoms. The zero-order valence-corrected chi connectivity index (χ0v) is 13.0. The maximum atomic E-state index is 5.85. The van der Waals surface area contributed by atoms with Crippen molar-refractivity contribution in [1.82, 2.24) is 5.32 Å². The predicted molar refractivity (Wildman–Crippen MR) is 88.9 cm³/mol. The first-order valence-corrected chi connectivity index (χ1v) is 8.23. The summed E-state index contributed by atoms with van der Waals surface area (Å²) in [6.07, 6.45) is 3.22.